The molecule has 0 aliphatic carbocycles. The summed E-state index contributed by atoms with van der Waals surface area (Å²) in [5.41, 5.74) is 0.951. The Bertz CT molecular complexity index is 400. The molecule has 16 heavy (non-hydrogen) atoms. The first-order valence-corrected chi connectivity index (χ1v) is 5.74. The highest BCUT2D eigenvalue weighted by Crippen LogP contribution is 2.13. The van der Waals surface area contributed by atoms with Gasteiger partial charge in [-0.2, -0.15) is 0 Å². The minimum atomic E-state index is -0.167. The highest BCUT2D eigenvalue weighted by Gasteiger charge is 2.25. The molecule has 0 bridgehead atoms. The van der Waals surface area contributed by atoms with E-state index in [1.54, 1.807) is 0 Å². The maximum Gasteiger partial charge on any atom is 0.243 e. The molecular formula is C11H11BrN2O2. The van der Waals surface area contributed by atoms with Gasteiger partial charge in [0.05, 0.1) is 19.6 Å². The number of benzene rings is 1. The summed E-state index contributed by atoms with van der Waals surface area (Å²) in [6.07, 6.45) is 0. The molecule has 0 aromatic heterocycles. The van der Waals surface area contributed by atoms with Crippen molar-refractivity contribution >= 4 is 27.7 Å². The molecule has 0 saturated carbocycles. The van der Waals surface area contributed by atoms with Gasteiger partial charge < -0.3 is 0 Å². The number of nitrogens with zero attached hydrogens (tertiary/aromatic N) is 1. The summed E-state index contributed by atoms with van der Waals surface area (Å²) < 4.78 is 0.981. The van der Waals surface area contributed by atoms with Crippen molar-refractivity contribution in [1.29, 1.82) is 0 Å². The normalized spacial score (nSPS) is 16.7. The van der Waals surface area contributed by atoms with Crippen LogP contribution in [0.5, 0.6) is 0 Å². The van der Waals surface area contributed by atoms with Gasteiger partial charge in [-0.05, 0) is 17.7 Å². The molecule has 1 saturated heterocycles. The lowest BCUT2D eigenvalue weighted by atomic mass is 10.2. The largest absolute Gasteiger partial charge is 0.300 e. The summed E-state index contributed by atoms with van der Waals surface area (Å²) in [4.78, 5) is 24.3. The Morgan fingerprint density at radius 3 is 2.25 bits per heavy atom. The SMILES string of the molecule is O=C1CNCC(=O)N1Cc1ccc(Br)cc1. The average Bonchev–Trinajstić information content (AvgIpc) is 2.26. The van der Waals surface area contributed by atoms with Crippen LogP contribution in [0.2, 0.25) is 0 Å². The standard InChI is InChI=1S/C11H11BrN2O2/c12-9-3-1-8(2-4-9)7-14-10(15)5-13-6-11(14)16/h1-4,13H,5-7H2. The van der Waals surface area contributed by atoms with Gasteiger partial charge in [0.1, 0.15) is 0 Å². The Morgan fingerprint density at radius 1 is 1.12 bits per heavy atom. The third-order valence-corrected chi connectivity index (χ3v) is 2.94. The van der Waals surface area contributed by atoms with Crippen LogP contribution in [0.1, 0.15) is 5.56 Å². The first-order chi connectivity index (χ1) is 7.66. The molecular weight excluding hydrogens is 272 g/mol. The smallest absolute Gasteiger partial charge is 0.243 e. The van der Waals surface area contributed by atoms with E-state index in [-0.39, 0.29) is 24.9 Å². The molecule has 1 aliphatic heterocycles. The third kappa shape index (κ3) is 2.48. The van der Waals surface area contributed by atoms with Gasteiger partial charge in [0.15, 0.2) is 0 Å². The predicted octanol–water partition coefficient (Wildman–Crippen LogP) is 0.908. The quantitative estimate of drug-likeness (QED) is 0.821. The maximum absolute atomic E-state index is 11.5. The lowest BCUT2D eigenvalue weighted by Gasteiger charge is -2.25. The first-order valence-electron chi connectivity index (χ1n) is 4.95. The number of imide groups is 1. The van der Waals surface area contributed by atoms with E-state index in [4.69, 9.17) is 0 Å². The van der Waals surface area contributed by atoms with Crippen LogP contribution in [0.15, 0.2) is 28.7 Å². The number of nitrogens with one attached hydrogen (secondary N) is 1. The molecule has 1 aromatic rings. The Kier molecular flexibility index (Phi) is 3.36. The second-order valence-electron chi connectivity index (χ2n) is 3.60. The minimum Gasteiger partial charge on any atom is -0.300 e. The number of rotatable bonds is 2. The van der Waals surface area contributed by atoms with Crippen molar-refractivity contribution in [1.82, 2.24) is 10.2 Å². The number of carbonyl (C=O) groups is 2. The van der Waals surface area contributed by atoms with Gasteiger partial charge in [0.25, 0.3) is 0 Å². The summed E-state index contributed by atoms with van der Waals surface area (Å²) in [6.45, 7) is 0.831. The monoisotopic (exact) mass is 282 g/mol. The molecule has 1 aliphatic rings. The number of amides is 2. The number of hydrogen-bond donors (Lipinski definition) is 1. The van der Waals surface area contributed by atoms with Gasteiger partial charge in [0, 0.05) is 4.47 Å². The molecule has 0 spiro atoms. The fourth-order valence-electron chi connectivity index (χ4n) is 1.56. The zero-order chi connectivity index (χ0) is 11.5. The number of carbonyl (C=O) groups excluding carboxylic acids is 2. The van der Waals surface area contributed by atoms with Crippen LogP contribution in [-0.4, -0.2) is 29.8 Å². The maximum atomic E-state index is 11.5. The molecule has 1 fully saturated rings. The van der Waals surface area contributed by atoms with Crippen molar-refractivity contribution in [2.24, 2.45) is 0 Å². The summed E-state index contributed by atoms with van der Waals surface area (Å²) in [5.74, 6) is -0.335. The second-order valence-corrected chi connectivity index (χ2v) is 4.52. The Morgan fingerprint density at radius 2 is 1.69 bits per heavy atom. The van der Waals surface area contributed by atoms with E-state index < -0.39 is 0 Å². The van der Waals surface area contributed by atoms with E-state index in [1.807, 2.05) is 24.3 Å². The molecule has 84 valence electrons. The molecule has 1 aromatic carbocycles. The average molecular weight is 283 g/mol. The lowest BCUT2D eigenvalue weighted by molar-refractivity contribution is -0.147. The molecule has 1 heterocycles. The Labute approximate surface area is 102 Å². The highest BCUT2D eigenvalue weighted by atomic mass is 79.9. The van der Waals surface area contributed by atoms with Gasteiger partial charge in [0.2, 0.25) is 11.8 Å². The molecule has 0 radical (unpaired) electrons. The molecule has 4 nitrogen and oxygen atoms in total. The van der Waals surface area contributed by atoms with Gasteiger partial charge in [-0.15, -0.1) is 0 Å². The van der Waals surface area contributed by atoms with Crippen molar-refractivity contribution in [3.05, 3.63) is 34.3 Å². The minimum absolute atomic E-state index is 0.167. The highest BCUT2D eigenvalue weighted by molar-refractivity contribution is 9.10. The summed E-state index contributed by atoms with van der Waals surface area (Å²) in [6, 6.07) is 7.58. The van der Waals surface area contributed by atoms with E-state index in [1.165, 1.54) is 4.90 Å². The van der Waals surface area contributed by atoms with Crippen LogP contribution in [0.4, 0.5) is 0 Å². The van der Waals surface area contributed by atoms with Crippen molar-refractivity contribution in [2.75, 3.05) is 13.1 Å². The van der Waals surface area contributed by atoms with Crippen LogP contribution in [0.3, 0.4) is 0 Å². The predicted molar refractivity (Wildman–Crippen MR) is 62.6 cm³/mol. The second kappa shape index (κ2) is 4.76. The molecule has 1 N–H and O–H groups in total. The van der Waals surface area contributed by atoms with Crippen LogP contribution in [-0.2, 0) is 16.1 Å². The molecule has 2 amide bonds. The zero-order valence-corrected chi connectivity index (χ0v) is 10.2. The molecule has 2 rings (SSSR count). The van der Waals surface area contributed by atoms with Crippen molar-refractivity contribution in [3.63, 3.8) is 0 Å². The fourth-order valence-corrected chi connectivity index (χ4v) is 1.82. The van der Waals surface area contributed by atoms with Crippen LogP contribution in [0, 0.1) is 0 Å². The molecule has 0 unspecified atom stereocenters. The van der Waals surface area contributed by atoms with Gasteiger partial charge in [-0.25, -0.2) is 0 Å². The Balaban J connectivity index is 2.10. The summed E-state index contributed by atoms with van der Waals surface area (Å²) in [7, 11) is 0. The number of hydrogen-bond acceptors (Lipinski definition) is 3. The summed E-state index contributed by atoms with van der Waals surface area (Å²) in [5, 5.41) is 2.76. The van der Waals surface area contributed by atoms with Gasteiger partial charge in [-0.3, -0.25) is 19.8 Å². The Hall–Kier alpha value is -1.20. The van der Waals surface area contributed by atoms with Gasteiger partial charge >= 0.3 is 0 Å². The fraction of sp³-hybridized carbons (Fsp3) is 0.273. The molecule has 0 atom stereocenters. The number of piperazine rings is 1. The van der Waals surface area contributed by atoms with Crippen molar-refractivity contribution in [3.8, 4) is 0 Å². The van der Waals surface area contributed by atoms with E-state index in [0.29, 0.717) is 6.54 Å². The van der Waals surface area contributed by atoms with Crippen LogP contribution in [0.25, 0.3) is 0 Å². The van der Waals surface area contributed by atoms with Crippen molar-refractivity contribution in [2.45, 2.75) is 6.54 Å². The number of halogens is 1. The van der Waals surface area contributed by atoms with Gasteiger partial charge in [-0.1, -0.05) is 28.1 Å². The third-order valence-electron chi connectivity index (χ3n) is 2.41. The van der Waals surface area contributed by atoms with Crippen molar-refractivity contribution < 1.29 is 9.59 Å². The molecule has 5 heteroatoms. The lowest BCUT2D eigenvalue weighted by Crippen LogP contribution is -2.51. The first kappa shape index (κ1) is 11.3. The van der Waals surface area contributed by atoms with E-state index in [0.717, 1.165) is 10.0 Å². The van der Waals surface area contributed by atoms with E-state index in [9.17, 15) is 9.59 Å². The van der Waals surface area contributed by atoms with E-state index in [2.05, 4.69) is 21.2 Å². The van der Waals surface area contributed by atoms with Crippen LogP contribution < -0.4 is 5.32 Å². The van der Waals surface area contributed by atoms with E-state index >= 15 is 0 Å². The summed E-state index contributed by atoms with van der Waals surface area (Å²) >= 11 is 3.34. The van der Waals surface area contributed by atoms with Crippen LogP contribution >= 0.6 is 15.9 Å². The zero-order valence-electron chi connectivity index (χ0n) is 8.57. The topological polar surface area (TPSA) is 49.4 Å².